The molecule has 0 bridgehead atoms. The third kappa shape index (κ3) is 4.01. The molecule has 0 aliphatic carbocycles. The summed E-state index contributed by atoms with van der Waals surface area (Å²) in [5.41, 5.74) is 1.00. The van der Waals surface area contributed by atoms with Crippen LogP contribution in [0.4, 0.5) is 0 Å². The zero-order chi connectivity index (χ0) is 14.5. The van der Waals surface area contributed by atoms with Crippen LogP contribution in [0.5, 0.6) is 0 Å². The van der Waals surface area contributed by atoms with E-state index in [0.29, 0.717) is 13.0 Å². The monoisotopic (exact) mass is 297 g/mol. The van der Waals surface area contributed by atoms with Crippen LogP contribution >= 0.6 is 11.3 Å². The number of ether oxygens (including phenoxy) is 1. The number of nitrogens with zero attached hydrogens (tertiary/aromatic N) is 3. The zero-order valence-corrected chi connectivity index (χ0v) is 13.3. The number of thiazole rings is 1. The van der Waals surface area contributed by atoms with E-state index in [1.807, 2.05) is 13.8 Å². The van der Waals surface area contributed by atoms with Crippen molar-refractivity contribution in [1.82, 2.24) is 14.8 Å². The topological polar surface area (TPSA) is 45.7 Å². The van der Waals surface area contributed by atoms with Crippen molar-refractivity contribution in [1.29, 1.82) is 0 Å². The van der Waals surface area contributed by atoms with Gasteiger partial charge >= 0.3 is 5.97 Å². The summed E-state index contributed by atoms with van der Waals surface area (Å²) in [5, 5.41) is 3.11. The van der Waals surface area contributed by atoms with Crippen molar-refractivity contribution in [2.45, 2.75) is 26.3 Å². The molecule has 1 aromatic heterocycles. The Morgan fingerprint density at radius 1 is 1.45 bits per heavy atom. The van der Waals surface area contributed by atoms with Crippen molar-refractivity contribution in [2.75, 3.05) is 39.8 Å². The van der Waals surface area contributed by atoms with Crippen LogP contribution < -0.4 is 0 Å². The molecule has 2 heterocycles. The molecule has 20 heavy (non-hydrogen) atoms. The molecule has 1 aromatic rings. The maximum atomic E-state index is 11.9. The van der Waals surface area contributed by atoms with E-state index in [2.05, 4.69) is 27.2 Å². The van der Waals surface area contributed by atoms with E-state index < -0.39 is 0 Å². The Hall–Kier alpha value is -0.980. The van der Waals surface area contributed by atoms with Crippen molar-refractivity contribution in [3.05, 3.63) is 16.1 Å². The van der Waals surface area contributed by atoms with Gasteiger partial charge in [0.25, 0.3) is 0 Å². The highest BCUT2D eigenvalue weighted by Gasteiger charge is 2.28. The van der Waals surface area contributed by atoms with Gasteiger partial charge in [-0.1, -0.05) is 0 Å². The molecule has 0 radical (unpaired) electrons. The van der Waals surface area contributed by atoms with Gasteiger partial charge in [-0.15, -0.1) is 11.3 Å². The zero-order valence-electron chi connectivity index (χ0n) is 12.5. The summed E-state index contributed by atoms with van der Waals surface area (Å²) in [6.07, 6.45) is 0.390. The molecule has 1 unspecified atom stereocenters. The van der Waals surface area contributed by atoms with Gasteiger partial charge in [-0.05, 0) is 20.9 Å². The Labute approximate surface area is 124 Å². The molecule has 1 aliphatic heterocycles. The SMILES string of the molecule is CCOC(=O)CC(c1csc(C)n1)N1CCN(C)CC1. The molecule has 2 rings (SSSR count). The van der Waals surface area contributed by atoms with E-state index >= 15 is 0 Å². The number of hydrogen-bond donors (Lipinski definition) is 0. The van der Waals surface area contributed by atoms with Crippen LogP contribution in [0.15, 0.2) is 5.38 Å². The van der Waals surface area contributed by atoms with Crippen LogP contribution in [-0.4, -0.2) is 60.6 Å². The second-order valence-electron chi connectivity index (χ2n) is 5.16. The first-order valence-electron chi connectivity index (χ1n) is 7.10. The van der Waals surface area contributed by atoms with Crippen LogP contribution in [0.2, 0.25) is 0 Å². The third-order valence-electron chi connectivity index (χ3n) is 3.62. The Kier molecular flexibility index (Phi) is 5.51. The molecule has 112 valence electrons. The minimum atomic E-state index is -0.137. The second-order valence-corrected chi connectivity index (χ2v) is 6.22. The molecule has 0 spiro atoms. The Bertz CT molecular complexity index is 441. The first-order chi connectivity index (χ1) is 9.60. The summed E-state index contributed by atoms with van der Waals surface area (Å²) in [6, 6.07) is 0.0488. The molecular formula is C14H23N3O2S. The van der Waals surface area contributed by atoms with Gasteiger partial charge in [-0.2, -0.15) is 0 Å². The summed E-state index contributed by atoms with van der Waals surface area (Å²) in [6.45, 7) is 8.28. The maximum absolute atomic E-state index is 11.9. The molecule has 0 saturated carbocycles. The lowest BCUT2D eigenvalue weighted by Gasteiger charge is -2.37. The largest absolute Gasteiger partial charge is 0.466 e. The van der Waals surface area contributed by atoms with Crippen LogP contribution in [0, 0.1) is 6.92 Å². The highest BCUT2D eigenvalue weighted by atomic mass is 32.1. The average Bonchev–Trinajstić information content (AvgIpc) is 2.84. The normalized spacial score (nSPS) is 18.9. The Morgan fingerprint density at radius 3 is 2.70 bits per heavy atom. The first-order valence-corrected chi connectivity index (χ1v) is 7.98. The molecule has 1 fully saturated rings. The molecule has 1 atom stereocenters. The van der Waals surface area contributed by atoms with E-state index in [1.165, 1.54) is 0 Å². The predicted molar refractivity (Wildman–Crippen MR) is 79.9 cm³/mol. The molecule has 5 nitrogen and oxygen atoms in total. The van der Waals surface area contributed by atoms with Crippen molar-refractivity contribution in [3.8, 4) is 0 Å². The number of carbonyl (C=O) groups excluding carboxylic acids is 1. The minimum Gasteiger partial charge on any atom is -0.466 e. The molecule has 1 saturated heterocycles. The maximum Gasteiger partial charge on any atom is 0.307 e. The highest BCUT2D eigenvalue weighted by molar-refractivity contribution is 7.09. The van der Waals surface area contributed by atoms with E-state index in [4.69, 9.17) is 4.74 Å². The Morgan fingerprint density at radius 2 is 2.15 bits per heavy atom. The lowest BCUT2D eigenvalue weighted by molar-refractivity contribution is -0.144. The van der Waals surface area contributed by atoms with E-state index in [0.717, 1.165) is 36.9 Å². The van der Waals surface area contributed by atoms with Gasteiger partial charge in [0.05, 0.1) is 29.8 Å². The van der Waals surface area contributed by atoms with E-state index in [-0.39, 0.29) is 12.0 Å². The van der Waals surface area contributed by atoms with Crippen LogP contribution in [-0.2, 0) is 9.53 Å². The second kappa shape index (κ2) is 7.15. The van der Waals surface area contributed by atoms with Gasteiger partial charge in [0.2, 0.25) is 0 Å². The molecular weight excluding hydrogens is 274 g/mol. The molecule has 0 N–H and O–H groups in total. The van der Waals surface area contributed by atoms with Gasteiger partial charge in [0.15, 0.2) is 0 Å². The summed E-state index contributed by atoms with van der Waals surface area (Å²) >= 11 is 1.64. The fraction of sp³-hybridized carbons (Fsp3) is 0.714. The number of rotatable bonds is 5. The minimum absolute atomic E-state index is 0.0488. The van der Waals surface area contributed by atoms with Crippen LogP contribution in [0.25, 0.3) is 0 Å². The summed E-state index contributed by atoms with van der Waals surface area (Å²) in [4.78, 5) is 21.1. The molecule has 6 heteroatoms. The van der Waals surface area contributed by atoms with Gasteiger partial charge in [0.1, 0.15) is 0 Å². The first kappa shape index (κ1) is 15.4. The van der Waals surface area contributed by atoms with Crippen LogP contribution in [0.1, 0.15) is 30.1 Å². The predicted octanol–water partition coefficient (Wildman–Crippen LogP) is 1.69. The molecule has 0 amide bonds. The smallest absolute Gasteiger partial charge is 0.307 e. The average molecular weight is 297 g/mol. The number of carbonyl (C=O) groups is 1. The number of aryl methyl sites for hydroxylation is 1. The lowest BCUT2D eigenvalue weighted by atomic mass is 10.1. The number of aromatic nitrogens is 1. The molecule has 1 aliphatic rings. The molecule has 0 aromatic carbocycles. The summed E-state index contributed by atoms with van der Waals surface area (Å²) in [5.74, 6) is -0.137. The number of esters is 1. The third-order valence-corrected chi connectivity index (χ3v) is 4.41. The van der Waals surface area contributed by atoms with Gasteiger partial charge in [-0.3, -0.25) is 9.69 Å². The standard InChI is InChI=1S/C14H23N3O2S/c1-4-19-14(18)9-13(12-10-20-11(2)15-12)17-7-5-16(3)6-8-17/h10,13H,4-9H2,1-3H3. The van der Waals surface area contributed by atoms with Gasteiger partial charge < -0.3 is 9.64 Å². The Balaban J connectivity index is 2.09. The fourth-order valence-corrected chi connectivity index (χ4v) is 3.12. The van der Waals surface area contributed by atoms with Gasteiger partial charge in [0, 0.05) is 31.6 Å². The van der Waals surface area contributed by atoms with Crippen molar-refractivity contribution >= 4 is 17.3 Å². The van der Waals surface area contributed by atoms with Crippen molar-refractivity contribution < 1.29 is 9.53 Å². The number of piperazine rings is 1. The van der Waals surface area contributed by atoms with Crippen LogP contribution in [0.3, 0.4) is 0 Å². The number of hydrogen-bond acceptors (Lipinski definition) is 6. The summed E-state index contributed by atoms with van der Waals surface area (Å²) < 4.78 is 5.11. The number of likely N-dealkylation sites (N-methyl/N-ethyl adjacent to an activating group) is 1. The van der Waals surface area contributed by atoms with Crippen molar-refractivity contribution in [3.63, 3.8) is 0 Å². The summed E-state index contributed by atoms with van der Waals surface area (Å²) in [7, 11) is 2.13. The fourth-order valence-electron chi connectivity index (χ4n) is 2.47. The van der Waals surface area contributed by atoms with Gasteiger partial charge in [-0.25, -0.2) is 4.98 Å². The van der Waals surface area contributed by atoms with E-state index in [1.54, 1.807) is 11.3 Å². The highest BCUT2D eigenvalue weighted by Crippen LogP contribution is 2.27. The lowest BCUT2D eigenvalue weighted by Crippen LogP contribution is -2.46. The van der Waals surface area contributed by atoms with E-state index in [9.17, 15) is 4.79 Å². The quantitative estimate of drug-likeness (QED) is 0.774. The van der Waals surface area contributed by atoms with Crippen molar-refractivity contribution in [2.24, 2.45) is 0 Å².